The minimum absolute atomic E-state index is 0.0193. The summed E-state index contributed by atoms with van der Waals surface area (Å²) < 4.78 is 21.0. The predicted molar refractivity (Wildman–Crippen MR) is 87.5 cm³/mol. The Kier molecular flexibility index (Phi) is 4.90. The molecule has 1 spiro atoms. The van der Waals surface area contributed by atoms with Crippen LogP contribution in [0.1, 0.15) is 30.9 Å². The van der Waals surface area contributed by atoms with Gasteiger partial charge in [0.1, 0.15) is 5.82 Å². The lowest BCUT2D eigenvalue weighted by Crippen LogP contribution is -2.45. The summed E-state index contributed by atoms with van der Waals surface area (Å²) in [7, 11) is 0. The van der Waals surface area contributed by atoms with Crippen molar-refractivity contribution in [2.75, 3.05) is 18.1 Å². The highest BCUT2D eigenvalue weighted by atomic mass is 79.9. The molecule has 2 fully saturated rings. The molecule has 0 saturated carbocycles. The Hall–Kier alpha value is -0.140. The molecule has 1 aromatic carbocycles. The van der Waals surface area contributed by atoms with E-state index in [2.05, 4.69) is 21.4 Å². The standard InChI is InChI=1S/C15H20BrFN2OS/c16-11-1-2-12(13(17)7-11)14(19-18)10-3-5-20-15(8-10)4-6-21-9-15/h1-2,7,10,14,19H,3-6,8-9,18H2. The van der Waals surface area contributed by atoms with Gasteiger partial charge in [-0.1, -0.05) is 22.0 Å². The Bertz CT molecular complexity index is 510. The summed E-state index contributed by atoms with van der Waals surface area (Å²) in [6.45, 7) is 0.738. The third kappa shape index (κ3) is 3.29. The molecule has 21 heavy (non-hydrogen) atoms. The topological polar surface area (TPSA) is 47.3 Å². The zero-order valence-corrected chi connectivity index (χ0v) is 14.2. The molecule has 0 radical (unpaired) electrons. The van der Waals surface area contributed by atoms with Crippen molar-refractivity contribution < 1.29 is 9.13 Å². The Morgan fingerprint density at radius 3 is 3.05 bits per heavy atom. The lowest BCUT2D eigenvalue weighted by atomic mass is 9.79. The van der Waals surface area contributed by atoms with Gasteiger partial charge in [-0.2, -0.15) is 11.8 Å². The summed E-state index contributed by atoms with van der Waals surface area (Å²) in [5, 5.41) is 0. The molecule has 3 atom stereocenters. The fourth-order valence-corrected chi connectivity index (χ4v) is 5.16. The number of ether oxygens (including phenoxy) is 1. The van der Waals surface area contributed by atoms with Crippen LogP contribution in [0.3, 0.4) is 0 Å². The van der Waals surface area contributed by atoms with E-state index in [0.717, 1.165) is 41.8 Å². The van der Waals surface area contributed by atoms with Gasteiger partial charge < -0.3 is 4.74 Å². The Labute approximate surface area is 137 Å². The SMILES string of the molecule is NNC(c1ccc(Br)cc1F)C1CCOC2(CCSC2)C1. The molecule has 2 aliphatic heterocycles. The number of thioether (sulfide) groups is 1. The van der Waals surface area contributed by atoms with Crippen molar-refractivity contribution in [3.63, 3.8) is 0 Å². The highest BCUT2D eigenvalue weighted by Gasteiger charge is 2.43. The van der Waals surface area contributed by atoms with E-state index >= 15 is 0 Å². The van der Waals surface area contributed by atoms with Crippen molar-refractivity contribution in [3.05, 3.63) is 34.1 Å². The van der Waals surface area contributed by atoms with Crippen molar-refractivity contribution >= 4 is 27.7 Å². The van der Waals surface area contributed by atoms with E-state index in [0.29, 0.717) is 11.5 Å². The van der Waals surface area contributed by atoms with E-state index in [1.54, 1.807) is 0 Å². The molecule has 0 aromatic heterocycles. The highest BCUT2D eigenvalue weighted by Crippen LogP contribution is 2.44. The summed E-state index contributed by atoms with van der Waals surface area (Å²) in [5.74, 6) is 8.04. The second-order valence-corrected chi connectivity index (χ2v) is 7.92. The second kappa shape index (κ2) is 6.54. The molecule has 6 heteroatoms. The molecule has 3 rings (SSSR count). The molecule has 3 nitrogen and oxygen atoms in total. The number of hydrogen-bond acceptors (Lipinski definition) is 4. The van der Waals surface area contributed by atoms with Gasteiger partial charge in [-0.05, 0) is 43.1 Å². The molecule has 0 aliphatic carbocycles. The molecule has 0 bridgehead atoms. The third-order valence-corrected chi connectivity index (χ3v) is 6.26. The van der Waals surface area contributed by atoms with Crippen LogP contribution in [0.25, 0.3) is 0 Å². The molecule has 3 N–H and O–H groups in total. The smallest absolute Gasteiger partial charge is 0.129 e. The Morgan fingerprint density at radius 2 is 2.38 bits per heavy atom. The molecule has 2 saturated heterocycles. The van der Waals surface area contributed by atoms with E-state index in [4.69, 9.17) is 10.6 Å². The van der Waals surface area contributed by atoms with Gasteiger partial charge >= 0.3 is 0 Å². The Balaban J connectivity index is 1.82. The van der Waals surface area contributed by atoms with E-state index in [1.807, 2.05) is 23.9 Å². The molecule has 2 aliphatic rings. The number of halogens is 2. The van der Waals surface area contributed by atoms with Crippen LogP contribution in [0.5, 0.6) is 0 Å². The quantitative estimate of drug-likeness (QED) is 0.628. The summed E-state index contributed by atoms with van der Waals surface area (Å²) in [6.07, 6.45) is 2.95. The molecule has 2 heterocycles. The summed E-state index contributed by atoms with van der Waals surface area (Å²) in [6, 6.07) is 5.02. The number of benzene rings is 1. The van der Waals surface area contributed by atoms with Crippen LogP contribution in [0, 0.1) is 11.7 Å². The van der Waals surface area contributed by atoms with Crippen LogP contribution in [0.2, 0.25) is 0 Å². The number of rotatable bonds is 3. The maximum Gasteiger partial charge on any atom is 0.129 e. The summed E-state index contributed by atoms with van der Waals surface area (Å²) >= 11 is 5.24. The third-order valence-electron chi connectivity index (χ3n) is 4.55. The average molecular weight is 375 g/mol. The molecule has 1 aromatic rings. The summed E-state index contributed by atoms with van der Waals surface area (Å²) in [4.78, 5) is 0. The predicted octanol–water partition coefficient (Wildman–Crippen LogP) is 3.39. The number of hydrogen-bond donors (Lipinski definition) is 2. The van der Waals surface area contributed by atoms with Gasteiger partial charge in [-0.15, -0.1) is 0 Å². The number of nitrogens with one attached hydrogen (secondary N) is 1. The first-order valence-corrected chi connectivity index (χ1v) is 9.21. The molecular weight excluding hydrogens is 355 g/mol. The van der Waals surface area contributed by atoms with Gasteiger partial charge in [0, 0.05) is 22.4 Å². The van der Waals surface area contributed by atoms with Crippen LogP contribution >= 0.6 is 27.7 Å². The van der Waals surface area contributed by atoms with Crippen LogP contribution in [0.15, 0.2) is 22.7 Å². The number of hydrazine groups is 1. The van der Waals surface area contributed by atoms with E-state index in [1.165, 1.54) is 6.07 Å². The first kappa shape index (κ1) is 15.7. The van der Waals surface area contributed by atoms with Gasteiger partial charge in [0.15, 0.2) is 0 Å². The lowest BCUT2D eigenvalue weighted by molar-refractivity contribution is -0.0856. The van der Waals surface area contributed by atoms with E-state index in [-0.39, 0.29) is 17.5 Å². The maximum absolute atomic E-state index is 14.3. The fourth-order valence-electron chi connectivity index (χ4n) is 3.45. The monoisotopic (exact) mass is 374 g/mol. The van der Waals surface area contributed by atoms with Crippen molar-refractivity contribution in [1.82, 2.24) is 5.43 Å². The minimum atomic E-state index is -0.214. The highest BCUT2D eigenvalue weighted by molar-refractivity contribution is 9.10. The lowest BCUT2D eigenvalue weighted by Gasteiger charge is -2.41. The van der Waals surface area contributed by atoms with E-state index < -0.39 is 0 Å². The second-order valence-electron chi connectivity index (χ2n) is 5.90. The zero-order valence-electron chi connectivity index (χ0n) is 11.8. The van der Waals surface area contributed by atoms with Gasteiger partial charge in [-0.25, -0.2) is 4.39 Å². The van der Waals surface area contributed by atoms with Crippen LogP contribution in [-0.2, 0) is 4.74 Å². The molecular formula is C15H20BrFN2OS. The van der Waals surface area contributed by atoms with Crippen molar-refractivity contribution in [2.24, 2.45) is 11.8 Å². The van der Waals surface area contributed by atoms with Crippen LogP contribution < -0.4 is 11.3 Å². The first-order chi connectivity index (χ1) is 10.1. The normalized spacial score (nSPS) is 30.7. The summed E-state index contributed by atoms with van der Waals surface area (Å²) in [5.41, 5.74) is 3.46. The van der Waals surface area contributed by atoms with Gasteiger partial charge in [0.05, 0.1) is 11.6 Å². The van der Waals surface area contributed by atoms with E-state index in [9.17, 15) is 4.39 Å². The van der Waals surface area contributed by atoms with Crippen LogP contribution in [-0.4, -0.2) is 23.7 Å². The van der Waals surface area contributed by atoms with Crippen molar-refractivity contribution in [3.8, 4) is 0 Å². The zero-order chi connectivity index (χ0) is 14.9. The fraction of sp³-hybridized carbons (Fsp3) is 0.600. The molecule has 3 unspecified atom stereocenters. The first-order valence-electron chi connectivity index (χ1n) is 7.26. The molecule has 116 valence electrons. The largest absolute Gasteiger partial charge is 0.374 e. The minimum Gasteiger partial charge on any atom is -0.374 e. The van der Waals surface area contributed by atoms with Gasteiger partial charge in [0.25, 0.3) is 0 Å². The maximum atomic E-state index is 14.3. The van der Waals surface area contributed by atoms with Crippen molar-refractivity contribution in [1.29, 1.82) is 0 Å². The van der Waals surface area contributed by atoms with Gasteiger partial charge in [-0.3, -0.25) is 11.3 Å². The van der Waals surface area contributed by atoms with Crippen molar-refractivity contribution in [2.45, 2.75) is 30.9 Å². The van der Waals surface area contributed by atoms with Gasteiger partial charge in [0.2, 0.25) is 0 Å². The average Bonchev–Trinajstić information content (AvgIpc) is 2.90. The molecule has 0 amide bonds. The number of nitrogens with two attached hydrogens (primary N) is 1. The van der Waals surface area contributed by atoms with Crippen LogP contribution in [0.4, 0.5) is 4.39 Å². The Morgan fingerprint density at radius 1 is 1.52 bits per heavy atom.